The summed E-state index contributed by atoms with van der Waals surface area (Å²) in [6.45, 7) is 1.85. The van der Waals surface area contributed by atoms with Crippen molar-refractivity contribution < 1.29 is 0 Å². The second-order valence-electron chi connectivity index (χ2n) is 4.62. The van der Waals surface area contributed by atoms with Gasteiger partial charge in [-0.15, -0.1) is 0 Å². The summed E-state index contributed by atoms with van der Waals surface area (Å²) >= 11 is 1.32. The molecule has 0 fully saturated rings. The minimum Gasteiger partial charge on any atom is -0.344 e. The third-order valence-electron chi connectivity index (χ3n) is 3.23. The highest BCUT2D eigenvalue weighted by Gasteiger charge is 2.12. The predicted octanol–water partition coefficient (Wildman–Crippen LogP) is 4.73. The molecule has 21 heavy (non-hydrogen) atoms. The zero-order chi connectivity index (χ0) is 14.7. The fourth-order valence-corrected chi connectivity index (χ4v) is 2.93. The van der Waals surface area contributed by atoms with Gasteiger partial charge in [0, 0.05) is 11.3 Å². The Bertz CT molecular complexity index is 800. The Balaban J connectivity index is 2.03. The van der Waals surface area contributed by atoms with E-state index in [2.05, 4.69) is 34.0 Å². The number of hydrogen-bond acceptors (Lipinski definition) is 4. The Labute approximate surface area is 127 Å². The molecule has 0 aliphatic carbocycles. The number of nitrogens with zero attached hydrogens (tertiary/aromatic N) is 2. The van der Waals surface area contributed by atoms with Gasteiger partial charge in [-0.3, -0.25) is 0 Å². The Morgan fingerprint density at radius 1 is 1.05 bits per heavy atom. The van der Waals surface area contributed by atoms with E-state index in [1.807, 2.05) is 43.3 Å². The average Bonchev–Trinajstić information content (AvgIpc) is 2.88. The molecule has 0 saturated heterocycles. The minimum absolute atomic E-state index is 0.614. The van der Waals surface area contributed by atoms with E-state index in [1.54, 1.807) is 0 Å². The molecule has 1 N–H and O–H groups in total. The SMILES string of the molecule is Cc1nsc(Nc2ccccc2-c2ccccc2)c1C#N. The fourth-order valence-electron chi connectivity index (χ4n) is 2.17. The summed E-state index contributed by atoms with van der Waals surface area (Å²) in [6.07, 6.45) is 0. The maximum absolute atomic E-state index is 9.23. The molecule has 3 nitrogen and oxygen atoms in total. The number of rotatable bonds is 3. The summed E-state index contributed by atoms with van der Waals surface area (Å²) in [5.41, 5.74) is 4.60. The van der Waals surface area contributed by atoms with Crippen molar-refractivity contribution in [2.45, 2.75) is 6.92 Å². The van der Waals surface area contributed by atoms with Crippen LogP contribution in [0.5, 0.6) is 0 Å². The summed E-state index contributed by atoms with van der Waals surface area (Å²) in [4.78, 5) is 0. The highest BCUT2D eigenvalue weighted by atomic mass is 32.1. The van der Waals surface area contributed by atoms with Gasteiger partial charge in [-0.05, 0) is 30.1 Å². The first-order valence-corrected chi connectivity index (χ1v) is 7.35. The number of nitriles is 1. The summed E-state index contributed by atoms with van der Waals surface area (Å²) in [6, 6.07) is 20.5. The van der Waals surface area contributed by atoms with Crippen LogP contribution in [0.3, 0.4) is 0 Å². The average molecular weight is 291 g/mol. The van der Waals surface area contributed by atoms with Crippen LogP contribution in [0.2, 0.25) is 0 Å². The van der Waals surface area contributed by atoms with Crippen LogP contribution in [0, 0.1) is 18.3 Å². The van der Waals surface area contributed by atoms with Crippen molar-refractivity contribution in [2.75, 3.05) is 5.32 Å². The first-order chi connectivity index (χ1) is 10.3. The van der Waals surface area contributed by atoms with E-state index < -0.39 is 0 Å². The van der Waals surface area contributed by atoms with Crippen LogP contribution in [0.25, 0.3) is 11.1 Å². The first kappa shape index (κ1) is 13.3. The Morgan fingerprint density at radius 3 is 2.52 bits per heavy atom. The number of aromatic nitrogens is 1. The molecule has 102 valence electrons. The van der Waals surface area contributed by atoms with E-state index in [4.69, 9.17) is 0 Å². The molecule has 3 aromatic rings. The van der Waals surface area contributed by atoms with Crippen LogP contribution in [0.15, 0.2) is 54.6 Å². The lowest BCUT2D eigenvalue weighted by Gasteiger charge is -2.11. The van der Waals surface area contributed by atoms with E-state index in [0.29, 0.717) is 5.56 Å². The molecule has 0 bridgehead atoms. The third kappa shape index (κ3) is 2.64. The Hall–Kier alpha value is -2.64. The van der Waals surface area contributed by atoms with Gasteiger partial charge in [-0.2, -0.15) is 9.64 Å². The maximum atomic E-state index is 9.23. The third-order valence-corrected chi connectivity index (χ3v) is 4.09. The maximum Gasteiger partial charge on any atom is 0.132 e. The zero-order valence-electron chi connectivity index (χ0n) is 11.5. The Kier molecular flexibility index (Phi) is 3.67. The molecule has 0 amide bonds. The van der Waals surface area contributed by atoms with Crippen LogP contribution in [-0.2, 0) is 0 Å². The van der Waals surface area contributed by atoms with E-state index >= 15 is 0 Å². The van der Waals surface area contributed by atoms with Gasteiger partial charge in [0.2, 0.25) is 0 Å². The molecule has 0 spiro atoms. The van der Waals surface area contributed by atoms with Crippen molar-refractivity contribution in [3.63, 3.8) is 0 Å². The van der Waals surface area contributed by atoms with Gasteiger partial charge in [-0.25, -0.2) is 0 Å². The molecule has 0 atom stereocenters. The number of anilines is 2. The van der Waals surface area contributed by atoms with E-state index in [9.17, 15) is 5.26 Å². The number of para-hydroxylation sites is 1. The first-order valence-electron chi connectivity index (χ1n) is 6.57. The van der Waals surface area contributed by atoms with Gasteiger partial charge < -0.3 is 5.32 Å². The molecule has 4 heteroatoms. The molecule has 0 unspecified atom stereocenters. The summed E-state index contributed by atoms with van der Waals surface area (Å²) in [5, 5.41) is 13.4. The predicted molar refractivity (Wildman–Crippen MR) is 86.7 cm³/mol. The van der Waals surface area contributed by atoms with Crippen LogP contribution in [-0.4, -0.2) is 4.37 Å². The van der Waals surface area contributed by atoms with Crippen molar-refractivity contribution in [3.05, 3.63) is 65.9 Å². The van der Waals surface area contributed by atoms with Gasteiger partial charge in [-0.1, -0.05) is 48.5 Å². The quantitative estimate of drug-likeness (QED) is 0.758. The highest BCUT2D eigenvalue weighted by Crippen LogP contribution is 2.33. The molecule has 0 aliphatic heterocycles. The summed E-state index contributed by atoms with van der Waals surface area (Å²) < 4.78 is 4.24. The van der Waals surface area contributed by atoms with E-state index in [0.717, 1.165) is 27.5 Å². The van der Waals surface area contributed by atoms with E-state index in [-0.39, 0.29) is 0 Å². The van der Waals surface area contributed by atoms with Crippen LogP contribution >= 0.6 is 11.5 Å². The molecule has 1 aromatic heterocycles. The molecule has 1 heterocycles. The zero-order valence-corrected chi connectivity index (χ0v) is 12.3. The van der Waals surface area contributed by atoms with Gasteiger partial charge in [0.1, 0.15) is 16.6 Å². The second kappa shape index (κ2) is 5.78. The molecule has 0 saturated carbocycles. The lowest BCUT2D eigenvalue weighted by Crippen LogP contribution is -1.93. The fraction of sp³-hybridized carbons (Fsp3) is 0.0588. The van der Waals surface area contributed by atoms with E-state index in [1.165, 1.54) is 11.5 Å². The minimum atomic E-state index is 0.614. The van der Waals surface area contributed by atoms with Crippen molar-refractivity contribution in [1.29, 1.82) is 5.26 Å². The summed E-state index contributed by atoms with van der Waals surface area (Å²) in [5.74, 6) is 0. The number of benzene rings is 2. The summed E-state index contributed by atoms with van der Waals surface area (Å²) in [7, 11) is 0. The number of aryl methyl sites for hydroxylation is 1. The molecule has 3 rings (SSSR count). The van der Waals surface area contributed by atoms with Gasteiger partial charge in [0.05, 0.1) is 5.69 Å². The lowest BCUT2D eigenvalue weighted by atomic mass is 10.0. The highest BCUT2D eigenvalue weighted by molar-refractivity contribution is 7.10. The monoisotopic (exact) mass is 291 g/mol. The smallest absolute Gasteiger partial charge is 0.132 e. The molecule has 2 aromatic carbocycles. The number of nitrogens with one attached hydrogen (secondary N) is 1. The Morgan fingerprint density at radius 2 is 1.76 bits per heavy atom. The second-order valence-corrected chi connectivity index (χ2v) is 5.39. The van der Waals surface area contributed by atoms with Crippen molar-refractivity contribution in [1.82, 2.24) is 4.37 Å². The van der Waals surface area contributed by atoms with Crippen LogP contribution in [0.1, 0.15) is 11.3 Å². The molecule has 0 radical (unpaired) electrons. The van der Waals surface area contributed by atoms with Gasteiger partial charge in [0.15, 0.2) is 0 Å². The molecular formula is C17H13N3S. The van der Waals surface area contributed by atoms with Gasteiger partial charge >= 0.3 is 0 Å². The van der Waals surface area contributed by atoms with Gasteiger partial charge in [0.25, 0.3) is 0 Å². The van der Waals surface area contributed by atoms with Crippen LogP contribution in [0.4, 0.5) is 10.7 Å². The molecular weight excluding hydrogens is 278 g/mol. The molecule has 0 aliphatic rings. The largest absolute Gasteiger partial charge is 0.344 e. The van der Waals surface area contributed by atoms with Crippen LogP contribution < -0.4 is 5.32 Å². The normalized spacial score (nSPS) is 10.1. The standard InChI is InChI=1S/C17H13N3S/c1-12-15(11-18)17(21-20-12)19-16-10-6-5-9-14(16)13-7-3-2-4-8-13/h2-10,19H,1H3. The topological polar surface area (TPSA) is 48.7 Å². The lowest BCUT2D eigenvalue weighted by molar-refractivity contribution is 1.31. The van der Waals surface area contributed by atoms with Crippen molar-refractivity contribution >= 4 is 22.2 Å². The van der Waals surface area contributed by atoms with Crippen molar-refractivity contribution in [2.24, 2.45) is 0 Å². The van der Waals surface area contributed by atoms with Crippen molar-refractivity contribution in [3.8, 4) is 17.2 Å². The number of hydrogen-bond donors (Lipinski definition) is 1.